The van der Waals surface area contributed by atoms with Crippen LogP contribution in [0.25, 0.3) is 10.9 Å². The lowest BCUT2D eigenvalue weighted by Gasteiger charge is -2.39. The van der Waals surface area contributed by atoms with Crippen LogP contribution in [0, 0.1) is 0 Å². The van der Waals surface area contributed by atoms with Crippen LogP contribution in [-0.2, 0) is 10.4 Å². The third kappa shape index (κ3) is 4.14. The number of nitrogens with zero attached hydrogens (tertiary/aromatic N) is 1. The average Bonchev–Trinajstić information content (AvgIpc) is 3.22. The molecule has 0 saturated carbocycles. The van der Waals surface area contributed by atoms with Crippen molar-refractivity contribution >= 4 is 22.9 Å². The Hall–Kier alpha value is -3.32. The number of piperidine rings is 1. The third-order valence-corrected chi connectivity index (χ3v) is 6.35. The monoisotopic (exact) mass is 421 g/mol. The Labute approximate surface area is 180 Å². The van der Waals surface area contributed by atoms with Gasteiger partial charge in [-0.3, -0.25) is 0 Å². The maximum atomic E-state index is 12.9. The van der Waals surface area contributed by atoms with E-state index in [4.69, 9.17) is 0 Å². The molecule has 7 nitrogen and oxygen atoms in total. The van der Waals surface area contributed by atoms with Crippen molar-refractivity contribution in [1.29, 1.82) is 0 Å². The highest BCUT2D eigenvalue weighted by Gasteiger charge is 2.37. The smallest absolute Gasteiger partial charge is 0.326 e. The Bertz CT molecular complexity index is 1070. The predicted octanol–water partition coefficient (Wildman–Crippen LogP) is 3.42. The first kappa shape index (κ1) is 20.9. The van der Waals surface area contributed by atoms with Crippen LogP contribution in [0.4, 0.5) is 4.79 Å². The number of likely N-dealkylation sites (tertiary alicyclic amines) is 1. The quantitative estimate of drug-likeness (QED) is 0.506. The van der Waals surface area contributed by atoms with Gasteiger partial charge in [0.2, 0.25) is 0 Å². The van der Waals surface area contributed by atoms with E-state index in [2.05, 4.69) is 10.3 Å². The Kier molecular flexibility index (Phi) is 5.69. The number of carboxylic acid groups (broad SMARTS) is 1. The molecule has 3 aromatic rings. The molecule has 7 heteroatoms. The van der Waals surface area contributed by atoms with Crippen LogP contribution < -0.4 is 5.32 Å². The first-order chi connectivity index (χ1) is 14.9. The number of aliphatic carboxylic acids is 1. The number of fused-ring (bicyclic) bond motifs is 1. The van der Waals surface area contributed by atoms with Crippen LogP contribution in [0.5, 0.6) is 0 Å². The standard InChI is InChI=1S/C24H27N3O4/c1-16(19-15-25-20-10-6-5-9-18(19)20)21(22(28)29)26-23(30)27-13-11-24(31,12-14-27)17-7-3-2-4-8-17/h2-10,15-16,21,25,31H,11-14H2,1H3,(H,26,30)(H,28,29)/t16-,21+/m0/s1. The number of hydrogen-bond acceptors (Lipinski definition) is 3. The van der Waals surface area contributed by atoms with Crippen molar-refractivity contribution in [2.45, 2.75) is 37.3 Å². The number of aromatic amines is 1. The van der Waals surface area contributed by atoms with Crippen molar-refractivity contribution in [2.24, 2.45) is 0 Å². The Morgan fingerprint density at radius 3 is 2.39 bits per heavy atom. The van der Waals surface area contributed by atoms with Gasteiger partial charge in [0.25, 0.3) is 0 Å². The van der Waals surface area contributed by atoms with E-state index >= 15 is 0 Å². The summed E-state index contributed by atoms with van der Waals surface area (Å²) in [5.41, 5.74) is 1.64. The summed E-state index contributed by atoms with van der Waals surface area (Å²) >= 11 is 0. The number of aliphatic hydroxyl groups is 1. The normalized spacial score (nSPS) is 17.8. The van der Waals surface area contributed by atoms with Gasteiger partial charge in [-0.25, -0.2) is 9.59 Å². The lowest BCUT2D eigenvalue weighted by Crippen LogP contribution is -2.53. The second kappa shape index (κ2) is 8.43. The van der Waals surface area contributed by atoms with Crippen LogP contribution >= 0.6 is 0 Å². The zero-order valence-corrected chi connectivity index (χ0v) is 17.4. The highest BCUT2D eigenvalue weighted by molar-refractivity contribution is 5.87. The Balaban J connectivity index is 1.44. The molecule has 1 aromatic heterocycles. The minimum atomic E-state index is -1.08. The highest BCUT2D eigenvalue weighted by atomic mass is 16.4. The fraction of sp³-hybridized carbons (Fsp3) is 0.333. The van der Waals surface area contributed by atoms with E-state index in [9.17, 15) is 19.8 Å². The van der Waals surface area contributed by atoms with E-state index < -0.39 is 29.6 Å². The molecule has 2 atom stereocenters. The summed E-state index contributed by atoms with van der Waals surface area (Å²) in [6.45, 7) is 2.51. The van der Waals surface area contributed by atoms with Gasteiger partial charge in [-0.1, -0.05) is 55.5 Å². The SMILES string of the molecule is C[C@@H](c1c[nH]c2ccccc12)[C@@H](NC(=O)N1CCC(O)(c2ccccc2)CC1)C(=O)O. The van der Waals surface area contributed by atoms with Crippen LogP contribution in [0.2, 0.25) is 0 Å². The third-order valence-electron chi connectivity index (χ3n) is 6.35. The van der Waals surface area contributed by atoms with Crippen molar-refractivity contribution < 1.29 is 19.8 Å². The van der Waals surface area contributed by atoms with Crippen molar-refractivity contribution in [3.05, 3.63) is 71.9 Å². The van der Waals surface area contributed by atoms with E-state index in [1.54, 1.807) is 18.0 Å². The number of carbonyl (C=O) groups is 2. The summed E-state index contributed by atoms with van der Waals surface area (Å²) in [5.74, 6) is -1.51. The summed E-state index contributed by atoms with van der Waals surface area (Å²) in [6.07, 6.45) is 2.61. The van der Waals surface area contributed by atoms with Gasteiger partial charge in [0.05, 0.1) is 5.60 Å². The fourth-order valence-corrected chi connectivity index (χ4v) is 4.39. The molecule has 0 bridgehead atoms. The van der Waals surface area contributed by atoms with Crippen molar-refractivity contribution in [3.63, 3.8) is 0 Å². The molecule has 162 valence electrons. The first-order valence-corrected chi connectivity index (χ1v) is 10.5. The van der Waals surface area contributed by atoms with E-state index in [0.29, 0.717) is 25.9 Å². The number of rotatable bonds is 5. The molecular weight excluding hydrogens is 394 g/mol. The number of aromatic nitrogens is 1. The Morgan fingerprint density at radius 2 is 1.71 bits per heavy atom. The van der Waals surface area contributed by atoms with Gasteiger partial charge in [-0.2, -0.15) is 0 Å². The lowest BCUT2D eigenvalue weighted by molar-refractivity contribution is -0.139. The molecule has 2 heterocycles. The molecule has 2 aromatic carbocycles. The van der Waals surface area contributed by atoms with E-state index in [0.717, 1.165) is 22.0 Å². The molecule has 0 spiro atoms. The van der Waals surface area contributed by atoms with Crippen LogP contribution in [0.1, 0.15) is 36.8 Å². The molecule has 31 heavy (non-hydrogen) atoms. The average molecular weight is 421 g/mol. The van der Waals surface area contributed by atoms with Gasteiger partial charge < -0.3 is 25.4 Å². The van der Waals surface area contributed by atoms with Crippen molar-refractivity contribution in [2.75, 3.05) is 13.1 Å². The fourth-order valence-electron chi connectivity index (χ4n) is 4.39. The molecule has 1 aliphatic heterocycles. The van der Waals surface area contributed by atoms with Gasteiger partial charge in [0.15, 0.2) is 0 Å². The van der Waals surface area contributed by atoms with Crippen molar-refractivity contribution in [3.8, 4) is 0 Å². The van der Waals surface area contributed by atoms with Gasteiger partial charge in [-0.05, 0) is 30.0 Å². The van der Waals surface area contributed by atoms with E-state index in [1.165, 1.54) is 0 Å². The number of H-pyrrole nitrogens is 1. The summed E-state index contributed by atoms with van der Waals surface area (Å²) in [4.78, 5) is 29.6. The second-order valence-electron chi connectivity index (χ2n) is 8.23. The number of amides is 2. The molecule has 4 rings (SSSR count). The minimum Gasteiger partial charge on any atom is -0.480 e. The zero-order chi connectivity index (χ0) is 22.0. The number of carbonyl (C=O) groups excluding carboxylic acids is 1. The molecule has 1 fully saturated rings. The van der Waals surface area contributed by atoms with Gasteiger partial charge in [0.1, 0.15) is 6.04 Å². The topological polar surface area (TPSA) is 106 Å². The molecule has 4 N–H and O–H groups in total. The number of urea groups is 1. The zero-order valence-electron chi connectivity index (χ0n) is 17.4. The van der Waals surface area contributed by atoms with Crippen LogP contribution in [0.15, 0.2) is 60.8 Å². The number of para-hydroxylation sites is 1. The summed E-state index contributed by atoms with van der Waals surface area (Å²) in [7, 11) is 0. The first-order valence-electron chi connectivity index (χ1n) is 10.5. The molecular formula is C24H27N3O4. The van der Waals surface area contributed by atoms with E-state index in [-0.39, 0.29) is 0 Å². The number of nitrogens with one attached hydrogen (secondary N) is 2. The number of carboxylic acids is 1. The lowest BCUT2D eigenvalue weighted by atomic mass is 9.84. The van der Waals surface area contributed by atoms with Gasteiger partial charge >= 0.3 is 12.0 Å². The minimum absolute atomic E-state index is 0.352. The summed E-state index contributed by atoms with van der Waals surface area (Å²) in [5, 5.41) is 24.4. The maximum Gasteiger partial charge on any atom is 0.326 e. The van der Waals surface area contributed by atoms with Gasteiger partial charge in [-0.15, -0.1) is 0 Å². The largest absolute Gasteiger partial charge is 0.480 e. The molecule has 1 aliphatic rings. The number of hydrogen-bond donors (Lipinski definition) is 4. The van der Waals surface area contributed by atoms with Crippen molar-refractivity contribution in [1.82, 2.24) is 15.2 Å². The van der Waals surface area contributed by atoms with Gasteiger partial charge in [0, 0.05) is 36.1 Å². The molecule has 1 saturated heterocycles. The molecule has 0 radical (unpaired) electrons. The van der Waals surface area contributed by atoms with E-state index in [1.807, 2.05) is 54.6 Å². The summed E-state index contributed by atoms with van der Waals surface area (Å²) in [6, 6.07) is 15.6. The molecule has 0 aliphatic carbocycles. The van der Waals surface area contributed by atoms with Crippen LogP contribution in [-0.4, -0.2) is 51.2 Å². The second-order valence-corrected chi connectivity index (χ2v) is 8.23. The molecule has 0 unspecified atom stereocenters. The van der Waals surface area contributed by atoms with Crippen LogP contribution in [0.3, 0.4) is 0 Å². The maximum absolute atomic E-state index is 12.9. The predicted molar refractivity (Wildman–Crippen MR) is 118 cm³/mol. The summed E-state index contributed by atoms with van der Waals surface area (Å²) < 4.78 is 0. The Morgan fingerprint density at radius 1 is 1.06 bits per heavy atom. The molecule has 2 amide bonds. The highest BCUT2D eigenvalue weighted by Crippen LogP contribution is 2.33. The number of benzene rings is 2.